The standard InChI is InChI=1S/C10H7Br/c1-2-3-6-9-7-4-5-8-10(9)11/h1,3-8H/b6-3-. The molecule has 0 unspecified atom stereocenters. The number of terminal acetylenes is 1. The van der Waals surface area contributed by atoms with E-state index in [1.54, 1.807) is 6.08 Å². The maximum Gasteiger partial charge on any atom is 0.0247 e. The van der Waals surface area contributed by atoms with Crippen molar-refractivity contribution in [3.05, 3.63) is 40.4 Å². The summed E-state index contributed by atoms with van der Waals surface area (Å²) in [6, 6.07) is 7.92. The summed E-state index contributed by atoms with van der Waals surface area (Å²) in [6.07, 6.45) is 8.65. The van der Waals surface area contributed by atoms with Gasteiger partial charge in [0.05, 0.1) is 0 Å². The van der Waals surface area contributed by atoms with Crippen molar-refractivity contribution in [2.24, 2.45) is 0 Å². The molecule has 54 valence electrons. The molecule has 0 amide bonds. The number of rotatable bonds is 1. The predicted molar refractivity (Wildman–Crippen MR) is 52.0 cm³/mol. The Hall–Kier alpha value is -1.00. The highest BCUT2D eigenvalue weighted by Crippen LogP contribution is 2.16. The molecule has 0 spiro atoms. The Morgan fingerprint density at radius 1 is 1.36 bits per heavy atom. The molecule has 0 radical (unpaired) electrons. The van der Waals surface area contributed by atoms with Crippen LogP contribution in [0.15, 0.2) is 34.8 Å². The summed E-state index contributed by atoms with van der Waals surface area (Å²) in [5, 5.41) is 0. The Kier molecular flexibility index (Phi) is 2.95. The van der Waals surface area contributed by atoms with E-state index in [0.29, 0.717) is 0 Å². The molecular weight excluding hydrogens is 200 g/mol. The molecule has 0 N–H and O–H groups in total. The predicted octanol–water partition coefficient (Wildman–Crippen LogP) is 3.10. The van der Waals surface area contributed by atoms with Gasteiger partial charge in [-0.1, -0.05) is 40.0 Å². The average molecular weight is 207 g/mol. The Morgan fingerprint density at radius 2 is 2.09 bits per heavy atom. The molecule has 11 heavy (non-hydrogen) atoms. The van der Waals surface area contributed by atoms with Gasteiger partial charge in [-0.3, -0.25) is 0 Å². The molecule has 1 aromatic rings. The first-order valence-electron chi connectivity index (χ1n) is 3.22. The number of hydrogen-bond acceptors (Lipinski definition) is 0. The number of halogens is 1. The SMILES string of the molecule is C#C/C=C\c1ccccc1Br. The van der Waals surface area contributed by atoms with Crippen molar-refractivity contribution >= 4 is 22.0 Å². The fraction of sp³-hybridized carbons (Fsp3) is 0. The zero-order valence-corrected chi connectivity index (χ0v) is 7.51. The van der Waals surface area contributed by atoms with Crippen LogP contribution in [0, 0.1) is 12.3 Å². The van der Waals surface area contributed by atoms with Gasteiger partial charge in [-0.05, 0) is 23.8 Å². The molecule has 0 heterocycles. The number of hydrogen-bond donors (Lipinski definition) is 0. The third-order valence-corrected chi connectivity index (χ3v) is 1.99. The van der Waals surface area contributed by atoms with E-state index >= 15 is 0 Å². The smallest absolute Gasteiger partial charge is 0.0247 e. The highest BCUT2D eigenvalue weighted by Gasteiger charge is 1.90. The normalized spacial score (nSPS) is 9.82. The van der Waals surface area contributed by atoms with Crippen molar-refractivity contribution in [1.29, 1.82) is 0 Å². The Labute approximate surface area is 75.1 Å². The van der Waals surface area contributed by atoms with Crippen LogP contribution in [0.2, 0.25) is 0 Å². The summed E-state index contributed by atoms with van der Waals surface area (Å²) in [4.78, 5) is 0. The van der Waals surface area contributed by atoms with Crippen molar-refractivity contribution in [2.45, 2.75) is 0 Å². The van der Waals surface area contributed by atoms with Gasteiger partial charge in [-0.25, -0.2) is 0 Å². The number of benzene rings is 1. The quantitative estimate of drug-likeness (QED) is 0.620. The minimum Gasteiger partial charge on any atom is -0.115 e. The lowest BCUT2D eigenvalue weighted by Crippen LogP contribution is -1.71. The van der Waals surface area contributed by atoms with Crippen molar-refractivity contribution in [3.8, 4) is 12.3 Å². The first-order valence-corrected chi connectivity index (χ1v) is 4.01. The molecule has 0 nitrogen and oxygen atoms in total. The second kappa shape index (κ2) is 4.00. The van der Waals surface area contributed by atoms with Crippen LogP contribution < -0.4 is 0 Å². The van der Waals surface area contributed by atoms with Gasteiger partial charge in [0.25, 0.3) is 0 Å². The molecule has 0 fully saturated rings. The van der Waals surface area contributed by atoms with Gasteiger partial charge >= 0.3 is 0 Å². The van der Waals surface area contributed by atoms with Gasteiger partial charge in [-0.15, -0.1) is 6.42 Å². The molecule has 0 aliphatic carbocycles. The lowest BCUT2D eigenvalue weighted by Gasteiger charge is -1.94. The molecule has 0 saturated heterocycles. The second-order valence-electron chi connectivity index (χ2n) is 2.02. The van der Waals surface area contributed by atoms with Crippen molar-refractivity contribution < 1.29 is 0 Å². The summed E-state index contributed by atoms with van der Waals surface area (Å²) in [5.74, 6) is 2.44. The van der Waals surface area contributed by atoms with Gasteiger partial charge in [0.2, 0.25) is 0 Å². The van der Waals surface area contributed by atoms with Crippen LogP contribution in [-0.4, -0.2) is 0 Å². The summed E-state index contributed by atoms with van der Waals surface area (Å²) >= 11 is 3.41. The van der Waals surface area contributed by atoms with E-state index in [1.165, 1.54) is 0 Å². The zero-order valence-electron chi connectivity index (χ0n) is 5.92. The number of allylic oxidation sites excluding steroid dienone is 1. The van der Waals surface area contributed by atoms with Gasteiger partial charge < -0.3 is 0 Å². The second-order valence-corrected chi connectivity index (χ2v) is 2.88. The van der Waals surface area contributed by atoms with Gasteiger partial charge in [0, 0.05) is 4.47 Å². The highest BCUT2D eigenvalue weighted by molar-refractivity contribution is 9.10. The first kappa shape index (κ1) is 8.10. The molecule has 0 bridgehead atoms. The summed E-state index contributed by atoms with van der Waals surface area (Å²) in [7, 11) is 0. The monoisotopic (exact) mass is 206 g/mol. The maximum absolute atomic E-state index is 5.07. The van der Waals surface area contributed by atoms with E-state index < -0.39 is 0 Å². The van der Waals surface area contributed by atoms with E-state index in [9.17, 15) is 0 Å². The molecule has 0 aliphatic rings. The van der Waals surface area contributed by atoms with E-state index in [1.807, 2.05) is 30.3 Å². The van der Waals surface area contributed by atoms with E-state index in [4.69, 9.17) is 6.42 Å². The fourth-order valence-corrected chi connectivity index (χ4v) is 1.17. The first-order chi connectivity index (χ1) is 5.34. The molecular formula is C10H7Br. The van der Waals surface area contributed by atoms with Crippen molar-refractivity contribution in [1.82, 2.24) is 0 Å². The highest BCUT2D eigenvalue weighted by atomic mass is 79.9. The van der Waals surface area contributed by atoms with Gasteiger partial charge in [0.1, 0.15) is 0 Å². The van der Waals surface area contributed by atoms with Crippen molar-refractivity contribution in [2.75, 3.05) is 0 Å². The molecule has 0 saturated carbocycles. The minimum absolute atomic E-state index is 1.06. The Balaban J connectivity index is 2.97. The van der Waals surface area contributed by atoms with Gasteiger partial charge in [0.15, 0.2) is 0 Å². The van der Waals surface area contributed by atoms with Gasteiger partial charge in [-0.2, -0.15) is 0 Å². The van der Waals surface area contributed by atoms with Crippen LogP contribution >= 0.6 is 15.9 Å². The Bertz CT molecular complexity index is 305. The topological polar surface area (TPSA) is 0 Å². The molecule has 1 aromatic carbocycles. The lowest BCUT2D eigenvalue weighted by molar-refractivity contribution is 1.60. The fourth-order valence-electron chi connectivity index (χ4n) is 0.748. The zero-order chi connectivity index (χ0) is 8.10. The minimum atomic E-state index is 1.06. The van der Waals surface area contributed by atoms with Crippen LogP contribution in [0.3, 0.4) is 0 Å². The van der Waals surface area contributed by atoms with Crippen molar-refractivity contribution in [3.63, 3.8) is 0 Å². The van der Waals surface area contributed by atoms with E-state index in [-0.39, 0.29) is 0 Å². The maximum atomic E-state index is 5.07. The molecule has 0 atom stereocenters. The van der Waals surface area contributed by atoms with Crippen LogP contribution in [-0.2, 0) is 0 Å². The summed E-state index contributed by atoms with van der Waals surface area (Å²) in [6.45, 7) is 0. The summed E-state index contributed by atoms with van der Waals surface area (Å²) in [5.41, 5.74) is 1.10. The molecule has 1 rings (SSSR count). The third kappa shape index (κ3) is 2.25. The summed E-state index contributed by atoms with van der Waals surface area (Å²) < 4.78 is 1.06. The average Bonchev–Trinajstić information content (AvgIpc) is 2.03. The Morgan fingerprint density at radius 3 is 2.73 bits per heavy atom. The largest absolute Gasteiger partial charge is 0.115 e. The van der Waals surface area contributed by atoms with Crippen LogP contribution in [0.5, 0.6) is 0 Å². The molecule has 0 aliphatic heterocycles. The van der Waals surface area contributed by atoms with E-state index in [0.717, 1.165) is 10.0 Å². The van der Waals surface area contributed by atoms with Crippen LogP contribution in [0.1, 0.15) is 5.56 Å². The third-order valence-electron chi connectivity index (χ3n) is 1.26. The van der Waals surface area contributed by atoms with Crippen LogP contribution in [0.25, 0.3) is 6.08 Å². The van der Waals surface area contributed by atoms with Crippen LogP contribution in [0.4, 0.5) is 0 Å². The van der Waals surface area contributed by atoms with E-state index in [2.05, 4.69) is 21.9 Å². The lowest BCUT2D eigenvalue weighted by atomic mass is 10.2. The molecule has 1 heteroatoms. The molecule has 0 aromatic heterocycles.